The highest BCUT2D eigenvalue weighted by Gasteiger charge is 2.34. The second-order valence-corrected chi connectivity index (χ2v) is 9.75. The summed E-state index contributed by atoms with van der Waals surface area (Å²) in [4.78, 5) is 11.6. The van der Waals surface area contributed by atoms with Gasteiger partial charge in [-0.2, -0.15) is 4.98 Å². The van der Waals surface area contributed by atoms with Gasteiger partial charge in [-0.05, 0) is 67.2 Å². The first kappa shape index (κ1) is 23.6. The topological polar surface area (TPSA) is 62.3 Å². The summed E-state index contributed by atoms with van der Waals surface area (Å²) in [5, 5.41) is 7.01. The van der Waals surface area contributed by atoms with Crippen molar-refractivity contribution in [3.63, 3.8) is 0 Å². The summed E-state index contributed by atoms with van der Waals surface area (Å²) < 4.78 is 19.1. The highest BCUT2D eigenvalue weighted by Crippen LogP contribution is 2.34. The van der Waals surface area contributed by atoms with Gasteiger partial charge >= 0.3 is 0 Å². The van der Waals surface area contributed by atoms with Crippen molar-refractivity contribution < 1.29 is 9.13 Å². The molecule has 0 saturated carbocycles. The van der Waals surface area contributed by atoms with Crippen molar-refractivity contribution in [2.75, 3.05) is 36.5 Å². The predicted molar refractivity (Wildman–Crippen MR) is 140 cm³/mol. The Bertz CT molecular complexity index is 1200. The van der Waals surface area contributed by atoms with Crippen LogP contribution in [0.2, 0.25) is 0 Å². The van der Waals surface area contributed by atoms with Gasteiger partial charge in [-0.3, -0.25) is 0 Å². The van der Waals surface area contributed by atoms with Crippen molar-refractivity contribution in [3.8, 4) is 0 Å². The molecule has 0 aliphatic carbocycles. The standard InChI is InChI=1S/C27H30FN5OS/c1-19-16-24(33-13-10-20-4-2-3-5-21(20)17-33)31-25(30-19)32-26(35)29-18-27(11-14-34-15-12-27)22-6-8-23(28)9-7-22/h2-9,16H,10-15,17-18H2,1H3,(H2,29,30,31,32,35). The average molecular weight is 492 g/mol. The molecule has 2 N–H and O–H groups in total. The summed E-state index contributed by atoms with van der Waals surface area (Å²) in [7, 11) is 0. The molecule has 6 nitrogen and oxygen atoms in total. The van der Waals surface area contributed by atoms with Crippen LogP contribution in [0.25, 0.3) is 0 Å². The molecule has 8 heteroatoms. The fourth-order valence-electron chi connectivity index (χ4n) is 4.99. The van der Waals surface area contributed by atoms with E-state index in [1.165, 1.54) is 23.3 Å². The SMILES string of the molecule is Cc1cc(N2CCc3ccccc3C2)nc(NC(=S)NCC2(c3ccc(F)cc3)CCOCC2)n1. The van der Waals surface area contributed by atoms with Crippen LogP contribution in [0.15, 0.2) is 54.6 Å². The molecule has 1 aromatic heterocycles. The Hall–Kier alpha value is -3.10. The van der Waals surface area contributed by atoms with Gasteiger partial charge in [0.2, 0.25) is 5.95 Å². The molecule has 0 amide bonds. The predicted octanol–water partition coefficient (Wildman–Crippen LogP) is 4.52. The van der Waals surface area contributed by atoms with Crippen LogP contribution in [-0.4, -0.2) is 41.4 Å². The number of thiocarbonyl (C=S) groups is 1. The minimum absolute atomic E-state index is 0.169. The van der Waals surface area contributed by atoms with Crippen LogP contribution in [0.1, 0.15) is 35.2 Å². The molecule has 0 atom stereocenters. The number of rotatable bonds is 5. The molecule has 3 heterocycles. The highest BCUT2D eigenvalue weighted by molar-refractivity contribution is 7.80. The lowest BCUT2D eigenvalue weighted by Gasteiger charge is -2.38. The van der Waals surface area contributed by atoms with E-state index in [2.05, 4.69) is 44.8 Å². The maximum atomic E-state index is 13.5. The fourth-order valence-corrected chi connectivity index (χ4v) is 5.15. The third-order valence-electron chi connectivity index (χ3n) is 7.01. The molecule has 0 radical (unpaired) electrons. The maximum absolute atomic E-state index is 13.5. The van der Waals surface area contributed by atoms with Gasteiger partial charge in [-0.25, -0.2) is 9.37 Å². The van der Waals surface area contributed by atoms with Crippen molar-refractivity contribution >= 4 is 29.1 Å². The minimum Gasteiger partial charge on any atom is -0.381 e. The monoisotopic (exact) mass is 491 g/mol. The molecular weight excluding hydrogens is 461 g/mol. The van der Waals surface area contributed by atoms with Crippen LogP contribution in [0, 0.1) is 12.7 Å². The Morgan fingerprint density at radius 3 is 2.60 bits per heavy atom. The number of ether oxygens (including phenoxy) is 1. The van der Waals surface area contributed by atoms with E-state index in [0.717, 1.165) is 49.4 Å². The molecule has 1 saturated heterocycles. The quantitative estimate of drug-likeness (QED) is 0.509. The van der Waals surface area contributed by atoms with Crippen LogP contribution in [0.3, 0.4) is 0 Å². The number of halogens is 1. The minimum atomic E-state index is -0.231. The number of nitrogens with zero attached hydrogens (tertiary/aromatic N) is 3. The zero-order valence-electron chi connectivity index (χ0n) is 19.9. The molecule has 5 rings (SSSR count). The summed E-state index contributed by atoms with van der Waals surface area (Å²) in [6.45, 7) is 5.67. The summed E-state index contributed by atoms with van der Waals surface area (Å²) in [6.07, 6.45) is 2.68. The first-order valence-electron chi connectivity index (χ1n) is 12.1. The van der Waals surface area contributed by atoms with Crippen LogP contribution in [-0.2, 0) is 23.1 Å². The number of anilines is 2. The Morgan fingerprint density at radius 1 is 1.09 bits per heavy atom. The van der Waals surface area contributed by atoms with Crippen molar-refractivity contribution in [3.05, 3.63) is 82.8 Å². The highest BCUT2D eigenvalue weighted by atomic mass is 32.1. The van der Waals surface area contributed by atoms with E-state index in [1.54, 1.807) is 0 Å². The third kappa shape index (κ3) is 5.44. The number of nitrogens with one attached hydrogen (secondary N) is 2. The number of aryl methyl sites for hydroxylation is 1. The first-order chi connectivity index (χ1) is 17.0. The van der Waals surface area contributed by atoms with Gasteiger partial charge in [0.25, 0.3) is 0 Å². The Kier molecular flexibility index (Phi) is 6.92. The number of benzene rings is 2. The van der Waals surface area contributed by atoms with E-state index in [0.29, 0.717) is 30.8 Å². The molecule has 3 aromatic rings. The van der Waals surface area contributed by atoms with Crippen LogP contribution in [0.4, 0.5) is 16.2 Å². The van der Waals surface area contributed by atoms with Crippen molar-refractivity contribution in [1.82, 2.24) is 15.3 Å². The van der Waals surface area contributed by atoms with Gasteiger partial charge in [-0.15, -0.1) is 0 Å². The summed E-state index contributed by atoms with van der Waals surface area (Å²) in [6, 6.07) is 17.3. The Labute approximate surface area is 210 Å². The summed E-state index contributed by atoms with van der Waals surface area (Å²) in [5.74, 6) is 1.15. The number of fused-ring (bicyclic) bond motifs is 1. The van der Waals surface area contributed by atoms with E-state index in [9.17, 15) is 4.39 Å². The van der Waals surface area contributed by atoms with Gasteiger partial charge in [0.05, 0.1) is 0 Å². The third-order valence-corrected chi connectivity index (χ3v) is 7.26. The molecule has 35 heavy (non-hydrogen) atoms. The molecule has 1 fully saturated rings. The summed E-state index contributed by atoms with van der Waals surface area (Å²) >= 11 is 5.61. The molecule has 182 valence electrons. The number of hydrogen-bond donors (Lipinski definition) is 2. The van der Waals surface area contributed by atoms with E-state index >= 15 is 0 Å². The number of aromatic nitrogens is 2. The van der Waals surface area contributed by atoms with Gasteiger partial charge < -0.3 is 20.3 Å². The Balaban J connectivity index is 1.27. The van der Waals surface area contributed by atoms with E-state index < -0.39 is 0 Å². The molecule has 2 aliphatic rings. The lowest BCUT2D eigenvalue weighted by Crippen LogP contribution is -2.45. The van der Waals surface area contributed by atoms with Gasteiger partial charge in [0.15, 0.2) is 5.11 Å². The number of hydrogen-bond acceptors (Lipinski definition) is 5. The molecule has 0 spiro atoms. The molecule has 0 unspecified atom stereocenters. The van der Waals surface area contributed by atoms with Gasteiger partial charge in [0, 0.05) is 50.0 Å². The summed E-state index contributed by atoms with van der Waals surface area (Å²) in [5.41, 5.74) is 4.55. The van der Waals surface area contributed by atoms with Crippen LogP contribution < -0.4 is 15.5 Å². The second-order valence-electron chi connectivity index (χ2n) is 9.34. The maximum Gasteiger partial charge on any atom is 0.231 e. The first-order valence-corrected chi connectivity index (χ1v) is 12.5. The van der Waals surface area contributed by atoms with E-state index in [1.807, 2.05) is 25.1 Å². The lowest BCUT2D eigenvalue weighted by atomic mass is 9.74. The van der Waals surface area contributed by atoms with Crippen molar-refractivity contribution in [1.29, 1.82) is 0 Å². The molecule has 2 aliphatic heterocycles. The average Bonchev–Trinajstić information content (AvgIpc) is 2.88. The van der Waals surface area contributed by atoms with Gasteiger partial charge in [-0.1, -0.05) is 36.4 Å². The molecule has 0 bridgehead atoms. The van der Waals surface area contributed by atoms with E-state index in [4.69, 9.17) is 21.9 Å². The molecule has 2 aromatic carbocycles. The van der Waals surface area contributed by atoms with Gasteiger partial charge in [0.1, 0.15) is 11.6 Å². The van der Waals surface area contributed by atoms with E-state index in [-0.39, 0.29) is 11.2 Å². The zero-order valence-corrected chi connectivity index (χ0v) is 20.7. The normalized spacial score (nSPS) is 16.9. The smallest absolute Gasteiger partial charge is 0.231 e. The van der Waals surface area contributed by atoms with Crippen molar-refractivity contribution in [2.24, 2.45) is 0 Å². The fraction of sp³-hybridized carbons (Fsp3) is 0.370. The zero-order chi connectivity index (χ0) is 24.3. The largest absolute Gasteiger partial charge is 0.381 e. The molecular formula is C27H30FN5OS. The lowest BCUT2D eigenvalue weighted by molar-refractivity contribution is 0.0515. The van der Waals surface area contributed by atoms with Crippen LogP contribution in [0.5, 0.6) is 0 Å². The van der Waals surface area contributed by atoms with Crippen molar-refractivity contribution in [2.45, 2.75) is 38.1 Å². The van der Waals surface area contributed by atoms with Crippen LogP contribution >= 0.6 is 12.2 Å². The second kappa shape index (κ2) is 10.3. The Morgan fingerprint density at radius 2 is 1.83 bits per heavy atom.